The Labute approximate surface area is 143 Å². The largest absolute Gasteiger partial charge is 0.336 e. The molecule has 2 aliphatic heterocycles. The molecule has 7 heteroatoms. The summed E-state index contributed by atoms with van der Waals surface area (Å²) in [6.07, 6.45) is 4.40. The van der Waals surface area contributed by atoms with Crippen LogP contribution >= 0.6 is 0 Å². The van der Waals surface area contributed by atoms with E-state index in [1.165, 1.54) is 0 Å². The zero-order valence-corrected chi connectivity index (χ0v) is 14.6. The van der Waals surface area contributed by atoms with E-state index in [2.05, 4.69) is 17.6 Å². The van der Waals surface area contributed by atoms with Crippen LogP contribution in [0.4, 0.5) is 4.79 Å². The number of piperazine rings is 1. The second-order valence-electron chi connectivity index (χ2n) is 7.40. The molecule has 2 saturated heterocycles. The van der Waals surface area contributed by atoms with Crippen molar-refractivity contribution in [2.24, 2.45) is 5.92 Å². The smallest absolute Gasteiger partial charge is 0.325 e. The number of nitrogens with one attached hydrogen (secondary N) is 2. The molecule has 4 amide bonds. The van der Waals surface area contributed by atoms with Gasteiger partial charge in [0.1, 0.15) is 12.1 Å². The molecule has 1 atom stereocenters. The number of carbonyl (C=O) groups is 3. The molecular weight excluding hydrogens is 308 g/mol. The minimum absolute atomic E-state index is 0.0842. The molecule has 1 saturated carbocycles. The van der Waals surface area contributed by atoms with Gasteiger partial charge in [0.05, 0.1) is 0 Å². The Kier molecular flexibility index (Phi) is 4.80. The number of rotatable bonds is 3. The molecule has 3 fully saturated rings. The highest BCUT2D eigenvalue weighted by Gasteiger charge is 2.52. The van der Waals surface area contributed by atoms with Crippen LogP contribution in [0.3, 0.4) is 0 Å². The molecule has 0 unspecified atom stereocenters. The summed E-state index contributed by atoms with van der Waals surface area (Å²) >= 11 is 0. The van der Waals surface area contributed by atoms with Crippen LogP contribution in [0.2, 0.25) is 0 Å². The molecule has 3 aliphatic rings. The summed E-state index contributed by atoms with van der Waals surface area (Å²) in [7, 11) is 0. The summed E-state index contributed by atoms with van der Waals surface area (Å²) in [5.41, 5.74) is -0.766. The third kappa shape index (κ3) is 3.01. The first-order chi connectivity index (χ1) is 11.5. The zero-order valence-electron chi connectivity index (χ0n) is 14.6. The predicted molar refractivity (Wildman–Crippen MR) is 89.3 cm³/mol. The Morgan fingerprint density at radius 1 is 1.29 bits per heavy atom. The Bertz CT molecular complexity index is 528. The molecule has 0 aromatic rings. The second kappa shape index (κ2) is 6.70. The number of imide groups is 1. The van der Waals surface area contributed by atoms with E-state index in [9.17, 15) is 14.4 Å². The third-order valence-corrected chi connectivity index (χ3v) is 5.90. The van der Waals surface area contributed by atoms with Gasteiger partial charge in [0.2, 0.25) is 5.91 Å². The number of urea groups is 1. The van der Waals surface area contributed by atoms with E-state index >= 15 is 0 Å². The molecular formula is C17H28N4O3. The Hall–Kier alpha value is -1.63. The average molecular weight is 336 g/mol. The monoisotopic (exact) mass is 336 g/mol. The maximum absolute atomic E-state index is 12.8. The lowest BCUT2D eigenvalue weighted by molar-refractivity contribution is -0.141. The van der Waals surface area contributed by atoms with Gasteiger partial charge >= 0.3 is 6.03 Å². The van der Waals surface area contributed by atoms with Crippen molar-refractivity contribution in [3.05, 3.63) is 0 Å². The van der Waals surface area contributed by atoms with E-state index in [1.54, 1.807) is 4.90 Å². The van der Waals surface area contributed by atoms with Crippen molar-refractivity contribution in [3.8, 4) is 0 Å². The van der Waals surface area contributed by atoms with Gasteiger partial charge in [0.15, 0.2) is 0 Å². The Morgan fingerprint density at radius 2 is 2.00 bits per heavy atom. The SMILES string of the molecule is CCC1CCC2(CC1)NC(=O)N(CC(=O)N1CCNC[C@H]1C)C2=O. The van der Waals surface area contributed by atoms with Gasteiger partial charge in [-0.3, -0.25) is 14.5 Å². The quantitative estimate of drug-likeness (QED) is 0.743. The van der Waals surface area contributed by atoms with Gasteiger partial charge in [0.25, 0.3) is 5.91 Å². The van der Waals surface area contributed by atoms with Crippen LogP contribution in [0.25, 0.3) is 0 Å². The lowest BCUT2D eigenvalue weighted by atomic mass is 9.75. The number of nitrogens with zero attached hydrogens (tertiary/aromatic N) is 2. The lowest BCUT2D eigenvalue weighted by Gasteiger charge is -2.35. The van der Waals surface area contributed by atoms with Crippen molar-refractivity contribution < 1.29 is 14.4 Å². The summed E-state index contributed by atoms with van der Waals surface area (Å²) in [5.74, 6) is 0.280. The topological polar surface area (TPSA) is 81.8 Å². The van der Waals surface area contributed by atoms with Crippen LogP contribution in [0, 0.1) is 5.92 Å². The Balaban J connectivity index is 1.65. The van der Waals surface area contributed by atoms with Gasteiger partial charge in [-0.05, 0) is 38.5 Å². The molecule has 3 rings (SSSR count). The highest BCUT2D eigenvalue weighted by molar-refractivity contribution is 6.09. The van der Waals surface area contributed by atoms with Crippen LogP contribution in [-0.2, 0) is 9.59 Å². The highest BCUT2D eigenvalue weighted by Crippen LogP contribution is 2.37. The average Bonchev–Trinajstić information content (AvgIpc) is 2.80. The summed E-state index contributed by atoms with van der Waals surface area (Å²) in [5, 5.41) is 6.12. The molecule has 0 aromatic carbocycles. The van der Waals surface area contributed by atoms with E-state index in [-0.39, 0.29) is 24.4 Å². The molecule has 0 bridgehead atoms. The van der Waals surface area contributed by atoms with E-state index in [0.717, 1.165) is 37.3 Å². The van der Waals surface area contributed by atoms with Gasteiger partial charge in [-0.1, -0.05) is 13.3 Å². The summed E-state index contributed by atoms with van der Waals surface area (Å²) in [6, 6.07) is -0.327. The number of hydrogen-bond acceptors (Lipinski definition) is 4. The van der Waals surface area contributed by atoms with E-state index < -0.39 is 11.6 Å². The summed E-state index contributed by atoms with van der Waals surface area (Å²) in [4.78, 5) is 40.6. The summed E-state index contributed by atoms with van der Waals surface area (Å²) < 4.78 is 0. The molecule has 2 N–H and O–H groups in total. The molecule has 0 aromatic heterocycles. The Morgan fingerprint density at radius 3 is 2.62 bits per heavy atom. The van der Waals surface area contributed by atoms with Gasteiger partial charge in [-0.25, -0.2) is 4.79 Å². The van der Waals surface area contributed by atoms with E-state index in [0.29, 0.717) is 25.3 Å². The van der Waals surface area contributed by atoms with Crippen molar-refractivity contribution in [1.29, 1.82) is 0 Å². The molecule has 1 spiro atoms. The molecule has 24 heavy (non-hydrogen) atoms. The minimum Gasteiger partial charge on any atom is -0.336 e. The van der Waals surface area contributed by atoms with Crippen molar-refractivity contribution in [2.45, 2.75) is 57.5 Å². The van der Waals surface area contributed by atoms with Crippen LogP contribution in [0.15, 0.2) is 0 Å². The van der Waals surface area contributed by atoms with Crippen LogP contribution in [0.1, 0.15) is 46.0 Å². The van der Waals surface area contributed by atoms with Crippen LogP contribution < -0.4 is 10.6 Å². The zero-order chi connectivity index (χ0) is 17.3. The normalized spacial score (nSPS) is 33.9. The van der Waals surface area contributed by atoms with Crippen molar-refractivity contribution >= 4 is 17.8 Å². The maximum Gasteiger partial charge on any atom is 0.325 e. The fourth-order valence-electron chi connectivity index (χ4n) is 4.17. The van der Waals surface area contributed by atoms with Crippen LogP contribution in [-0.4, -0.2) is 65.4 Å². The highest BCUT2D eigenvalue weighted by atomic mass is 16.2. The number of amides is 4. The summed E-state index contributed by atoms with van der Waals surface area (Å²) in [6.45, 7) is 6.11. The first-order valence-corrected chi connectivity index (χ1v) is 9.11. The van der Waals surface area contributed by atoms with Gasteiger partial charge in [-0.2, -0.15) is 0 Å². The number of carbonyl (C=O) groups excluding carboxylic acids is 3. The van der Waals surface area contributed by atoms with Gasteiger partial charge in [-0.15, -0.1) is 0 Å². The minimum atomic E-state index is -0.766. The van der Waals surface area contributed by atoms with Crippen LogP contribution in [0.5, 0.6) is 0 Å². The fourth-order valence-corrected chi connectivity index (χ4v) is 4.17. The maximum atomic E-state index is 12.8. The van der Waals surface area contributed by atoms with Crippen molar-refractivity contribution in [2.75, 3.05) is 26.2 Å². The van der Waals surface area contributed by atoms with Crippen molar-refractivity contribution in [1.82, 2.24) is 20.4 Å². The molecule has 134 valence electrons. The van der Waals surface area contributed by atoms with Gasteiger partial charge in [0, 0.05) is 25.7 Å². The van der Waals surface area contributed by atoms with Crippen molar-refractivity contribution in [3.63, 3.8) is 0 Å². The lowest BCUT2D eigenvalue weighted by Crippen LogP contribution is -2.55. The first kappa shape index (κ1) is 17.2. The first-order valence-electron chi connectivity index (χ1n) is 9.11. The van der Waals surface area contributed by atoms with E-state index in [1.807, 2.05) is 6.92 Å². The molecule has 0 radical (unpaired) electrons. The fraction of sp³-hybridized carbons (Fsp3) is 0.824. The molecule has 7 nitrogen and oxygen atoms in total. The predicted octanol–water partition coefficient (Wildman–Crippen LogP) is 0.698. The second-order valence-corrected chi connectivity index (χ2v) is 7.40. The van der Waals surface area contributed by atoms with Gasteiger partial charge < -0.3 is 15.5 Å². The standard InChI is InChI=1S/C17H28N4O3/c1-3-13-4-6-17(7-5-13)15(23)21(16(24)19-17)11-14(22)20-9-8-18-10-12(20)2/h12-13,18H,3-11H2,1-2H3,(H,19,24)/t12-,13?,17?/m1/s1. The molecule has 1 aliphatic carbocycles. The number of hydrogen-bond donors (Lipinski definition) is 2. The van der Waals surface area contributed by atoms with E-state index in [4.69, 9.17) is 0 Å². The third-order valence-electron chi connectivity index (χ3n) is 5.90. The molecule has 2 heterocycles.